The number of piperazine rings is 1. The van der Waals surface area contributed by atoms with E-state index in [1.165, 1.54) is 0 Å². The Hall–Kier alpha value is -0.220. The minimum Gasteiger partial charge on any atom is -0.314 e. The minimum absolute atomic E-state index is 0. The largest absolute Gasteiger partial charge is 0.416 e. The van der Waals surface area contributed by atoms with E-state index in [1.807, 2.05) is 0 Å². The molecule has 140 valence electrons. The van der Waals surface area contributed by atoms with Crippen LogP contribution in [0.15, 0.2) is 22.7 Å². The Labute approximate surface area is 155 Å². The molecule has 1 atom stereocenters. The van der Waals surface area contributed by atoms with Crippen LogP contribution in [-0.4, -0.2) is 37.3 Å². The Morgan fingerprint density at radius 1 is 0.958 bits per heavy atom. The highest BCUT2D eigenvalue weighted by atomic mass is 79.9. The second kappa shape index (κ2) is 8.93. The van der Waals surface area contributed by atoms with Crippen LogP contribution in [0.2, 0.25) is 0 Å². The molecule has 0 radical (unpaired) electrons. The molecule has 11 heteroatoms. The summed E-state index contributed by atoms with van der Waals surface area (Å²) in [5.74, 6) is 0. The lowest BCUT2D eigenvalue weighted by atomic mass is 10.0. The number of hydrogen-bond acceptors (Lipinski definition) is 2. The second-order valence-corrected chi connectivity index (χ2v) is 5.92. The van der Waals surface area contributed by atoms with Crippen LogP contribution in [0, 0.1) is 0 Å². The van der Waals surface area contributed by atoms with E-state index in [2.05, 4.69) is 21.2 Å². The molecule has 24 heavy (non-hydrogen) atoms. The topological polar surface area (TPSA) is 15.3 Å². The molecule has 0 aromatic heterocycles. The fourth-order valence-corrected chi connectivity index (χ4v) is 2.99. The van der Waals surface area contributed by atoms with Gasteiger partial charge in [-0.05, 0) is 23.8 Å². The minimum atomic E-state index is -4.70. The molecular weight excluding hydrogens is 449 g/mol. The van der Waals surface area contributed by atoms with Crippen LogP contribution in [0.1, 0.15) is 17.2 Å². The van der Waals surface area contributed by atoms with Gasteiger partial charge in [0.1, 0.15) is 6.04 Å². The molecule has 0 unspecified atom stereocenters. The van der Waals surface area contributed by atoms with Crippen molar-refractivity contribution < 1.29 is 26.3 Å². The van der Waals surface area contributed by atoms with Crippen molar-refractivity contribution in [3.8, 4) is 0 Å². The fourth-order valence-electron chi connectivity index (χ4n) is 2.48. The van der Waals surface area contributed by atoms with Crippen LogP contribution < -0.4 is 5.32 Å². The van der Waals surface area contributed by atoms with Gasteiger partial charge in [-0.15, -0.1) is 24.8 Å². The third kappa shape index (κ3) is 5.94. The van der Waals surface area contributed by atoms with Gasteiger partial charge in [0.2, 0.25) is 0 Å². The first-order valence-electron chi connectivity index (χ1n) is 6.48. The van der Waals surface area contributed by atoms with E-state index in [-0.39, 0.29) is 42.4 Å². The molecule has 0 spiro atoms. The summed E-state index contributed by atoms with van der Waals surface area (Å²) in [7, 11) is 0. The number of nitrogens with zero attached hydrogens (tertiary/aromatic N) is 1. The maximum absolute atomic E-state index is 13.4. The lowest BCUT2D eigenvalue weighted by Gasteiger charge is -2.36. The van der Waals surface area contributed by atoms with Gasteiger partial charge in [-0.3, -0.25) is 4.90 Å². The molecule has 1 aliphatic heterocycles. The van der Waals surface area contributed by atoms with Gasteiger partial charge in [0.25, 0.3) is 0 Å². The summed E-state index contributed by atoms with van der Waals surface area (Å²) >= 11 is 2.87. The fraction of sp³-hybridized carbons (Fsp3) is 0.538. The number of rotatable bonds is 2. The summed E-state index contributed by atoms with van der Waals surface area (Å²) in [6, 6.07) is 0.392. The van der Waals surface area contributed by atoms with Crippen molar-refractivity contribution in [1.82, 2.24) is 10.2 Å². The van der Waals surface area contributed by atoms with Crippen LogP contribution >= 0.6 is 40.7 Å². The van der Waals surface area contributed by atoms with Crippen LogP contribution in [0.25, 0.3) is 0 Å². The summed E-state index contributed by atoms with van der Waals surface area (Å²) in [5, 5.41) is 2.92. The monoisotopic (exact) mass is 462 g/mol. The average Bonchev–Trinajstić information content (AvgIpc) is 2.36. The smallest absolute Gasteiger partial charge is 0.314 e. The number of halogens is 9. The molecule has 2 nitrogen and oxygen atoms in total. The summed E-state index contributed by atoms with van der Waals surface area (Å²) < 4.78 is 78.6. The van der Waals surface area contributed by atoms with Crippen LogP contribution in [0.3, 0.4) is 0 Å². The highest BCUT2D eigenvalue weighted by Gasteiger charge is 2.45. The van der Waals surface area contributed by atoms with Crippen molar-refractivity contribution in [1.29, 1.82) is 0 Å². The predicted octanol–water partition coefficient (Wildman–Crippen LogP) is 4.82. The summed E-state index contributed by atoms with van der Waals surface area (Å²) in [6.45, 7) is 0.982. The van der Waals surface area contributed by atoms with Crippen molar-refractivity contribution in [2.75, 3.05) is 26.2 Å². The molecule has 0 amide bonds. The Morgan fingerprint density at radius 3 is 1.96 bits per heavy atom. The first-order valence-corrected chi connectivity index (χ1v) is 7.27. The average molecular weight is 464 g/mol. The van der Waals surface area contributed by atoms with Crippen LogP contribution in [0.4, 0.5) is 26.3 Å². The summed E-state index contributed by atoms with van der Waals surface area (Å²) in [4.78, 5) is 1.15. The van der Waals surface area contributed by atoms with Crippen LogP contribution in [-0.2, 0) is 6.18 Å². The number of benzene rings is 1. The molecule has 1 aliphatic rings. The lowest BCUT2D eigenvalue weighted by Crippen LogP contribution is -2.49. The molecule has 1 fully saturated rings. The first kappa shape index (κ1) is 23.8. The number of nitrogens with one attached hydrogen (secondary N) is 1. The zero-order valence-electron chi connectivity index (χ0n) is 12.0. The maximum Gasteiger partial charge on any atom is 0.416 e. The van der Waals surface area contributed by atoms with Gasteiger partial charge in [0, 0.05) is 30.7 Å². The van der Waals surface area contributed by atoms with Gasteiger partial charge in [0.05, 0.1) is 5.56 Å². The quantitative estimate of drug-likeness (QED) is 0.632. The zero-order chi connectivity index (χ0) is 16.5. The van der Waals surface area contributed by atoms with E-state index < -0.39 is 29.5 Å². The Bertz CT molecular complexity index is 532. The van der Waals surface area contributed by atoms with Crippen molar-refractivity contribution in [2.45, 2.75) is 18.4 Å². The molecule has 1 saturated heterocycles. The van der Waals surface area contributed by atoms with Crippen molar-refractivity contribution in [3.63, 3.8) is 0 Å². The molecular formula is C13H15BrCl2F6N2. The van der Waals surface area contributed by atoms with E-state index in [4.69, 9.17) is 0 Å². The van der Waals surface area contributed by atoms with Gasteiger partial charge < -0.3 is 5.32 Å². The highest BCUT2D eigenvalue weighted by molar-refractivity contribution is 9.10. The van der Waals surface area contributed by atoms with E-state index in [9.17, 15) is 26.3 Å². The normalized spacial score (nSPS) is 17.6. The Morgan fingerprint density at radius 2 is 1.50 bits per heavy atom. The zero-order valence-corrected chi connectivity index (χ0v) is 15.3. The lowest BCUT2D eigenvalue weighted by molar-refractivity contribution is -0.188. The van der Waals surface area contributed by atoms with Crippen molar-refractivity contribution >= 4 is 40.7 Å². The molecule has 0 bridgehead atoms. The van der Waals surface area contributed by atoms with Gasteiger partial charge >= 0.3 is 12.4 Å². The third-order valence-corrected chi connectivity index (χ3v) is 3.85. The SMILES string of the molecule is Cl.Cl.FC(F)(F)c1cc(Br)cc([C@H](N2CCNCC2)C(F)(F)F)c1. The van der Waals surface area contributed by atoms with E-state index >= 15 is 0 Å². The van der Waals surface area contributed by atoms with E-state index in [1.54, 1.807) is 0 Å². The Balaban J connectivity index is 0.00000264. The number of hydrogen-bond donors (Lipinski definition) is 1. The van der Waals surface area contributed by atoms with E-state index in [0.717, 1.165) is 17.0 Å². The van der Waals surface area contributed by atoms with Gasteiger partial charge in [-0.2, -0.15) is 26.3 Å². The first-order chi connectivity index (χ1) is 10.1. The summed E-state index contributed by atoms with van der Waals surface area (Å²) in [6.07, 6.45) is -9.35. The van der Waals surface area contributed by atoms with E-state index in [0.29, 0.717) is 19.2 Å². The number of alkyl halides is 6. The third-order valence-electron chi connectivity index (χ3n) is 3.39. The second-order valence-electron chi connectivity index (χ2n) is 5.00. The predicted molar refractivity (Wildman–Crippen MR) is 86.9 cm³/mol. The molecule has 0 aliphatic carbocycles. The van der Waals surface area contributed by atoms with Crippen molar-refractivity contribution in [3.05, 3.63) is 33.8 Å². The summed E-state index contributed by atoms with van der Waals surface area (Å²) in [5.41, 5.74) is -1.50. The highest BCUT2D eigenvalue weighted by Crippen LogP contribution is 2.41. The standard InChI is InChI=1S/C13H13BrF6N2.2ClH/c14-10-6-8(5-9(7-10)12(15,16)17)11(13(18,19)20)22-3-1-21-2-4-22;;/h5-7,11,21H,1-4H2;2*1H/t11-;;/m0../s1. The molecule has 1 N–H and O–H groups in total. The van der Waals surface area contributed by atoms with Gasteiger partial charge in [0.15, 0.2) is 0 Å². The van der Waals surface area contributed by atoms with Gasteiger partial charge in [-0.25, -0.2) is 0 Å². The molecule has 2 rings (SSSR count). The maximum atomic E-state index is 13.4. The molecule has 1 aromatic carbocycles. The van der Waals surface area contributed by atoms with Crippen LogP contribution in [0.5, 0.6) is 0 Å². The Kier molecular flexibility index (Phi) is 8.85. The molecule has 1 aromatic rings. The van der Waals surface area contributed by atoms with Gasteiger partial charge in [-0.1, -0.05) is 15.9 Å². The molecule has 1 heterocycles. The van der Waals surface area contributed by atoms with Crippen molar-refractivity contribution in [2.24, 2.45) is 0 Å². The molecule has 0 saturated carbocycles.